The van der Waals surface area contributed by atoms with Gasteiger partial charge in [0, 0.05) is 24.7 Å². The van der Waals surface area contributed by atoms with Gasteiger partial charge in [0.05, 0.1) is 23.4 Å². The Balaban J connectivity index is 1.59. The molecule has 1 aliphatic carbocycles. The van der Waals surface area contributed by atoms with E-state index in [2.05, 4.69) is 10.3 Å². The number of pyridine rings is 1. The van der Waals surface area contributed by atoms with Crippen LogP contribution in [0.3, 0.4) is 0 Å². The van der Waals surface area contributed by atoms with Crippen LogP contribution in [-0.4, -0.2) is 36.0 Å². The normalized spacial score (nSPS) is 16.0. The van der Waals surface area contributed by atoms with Crippen molar-refractivity contribution in [1.82, 2.24) is 4.98 Å². The van der Waals surface area contributed by atoms with E-state index in [1.54, 1.807) is 18.2 Å². The maximum Gasteiger partial charge on any atom is 0.172 e. The van der Waals surface area contributed by atoms with E-state index in [1.807, 2.05) is 0 Å². The third kappa shape index (κ3) is 3.66. The first-order valence-corrected chi connectivity index (χ1v) is 7.75. The summed E-state index contributed by atoms with van der Waals surface area (Å²) >= 11 is 6.01. The molecule has 118 valence electrons. The smallest absolute Gasteiger partial charge is 0.172 e. The zero-order valence-electron chi connectivity index (χ0n) is 12.1. The van der Waals surface area contributed by atoms with Crippen LogP contribution in [0.2, 0.25) is 5.02 Å². The predicted octanol–water partition coefficient (Wildman–Crippen LogP) is 3.23. The average molecular weight is 325 g/mol. The van der Waals surface area contributed by atoms with Crippen LogP contribution in [0.25, 0.3) is 10.9 Å². The van der Waals surface area contributed by atoms with E-state index in [1.165, 1.54) is 19.0 Å². The largest absolute Gasteiger partial charge is 0.389 e. The minimum Gasteiger partial charge on any atom is -0.389 e. The molecule has 0 amide bonds. The summed E-state index contributed by atoms with van der Waals surface area (Å²) in [5.74, 6) is 0.194. The highest BCUT2D eigenvalue weighted by Crippen LogP contribution is 2.29. The van der Waals surface area contributed by atoms with Crippen LogP contribution in [0.1, 0.15) is 12.8 Å². The lowest BCUT2D eigenvalue weighted by Gasteiger charge is -2.14. The third-order valence-electron chi connectivity index (χ3n) is 3.69. The first kappa shape index (κ1) is 15.5. The standard InChI is InChI=1S/C16H18ClFN2O2/c17-13-5-6-19-16-12(13)3-4-14(15(16)18)20-7-11(21)9-22-8-10-1-2-10/h3-6,10-11,20-21H,1-2,7-9H2. The summed E-state index contributed by atoms with van der Waals surface area (Å²) in [5, 5.41) is 13.8. The van der Waals surface area contributed by atoms with E-state index in [9.17, 15) is 9.50 Å². The van der Waals surface area contributed by atoms with Gasteiger partial charge in [-0.15, -0.1) is 0 Å². The van der Waals surface area contributed by atoms with E-state index in [4.69, 9.17) is 16.3 Å². The Morgan fingerprint density at radius 2 is 2.23 bits per heavy atom. The second-order valence-electron chi connectivity index (χ2n) is 5.63. The molecule has 4 nitrogen and oxygen atoms in total. The highest BCUT2D eigenvalue weighted by Gasteiger charge is 2.21. The SMILES string of the molecule is OC(CNc1ccc2c(Cl)ccnc2c1F)COCC1CC1. The zero-order chi connectivity index (χ0) is 15.5. The molecule has 1 aromatic carbocycles. The summed E-state index contributed by atoms with van der Waals surface area (Å²) in [7, 11) is 0. The fraction of sp³-hybridized carbons (Fsp3) is 0.438. The molecule has 0 saturated heterocycles. The minimum absolute atomic E-state index is 0.216. The van der Waals surface area contributed by atoms with Crippen LogP contribution in [-0.2, 0) is 4.74 Å². The minimum atomic E-state index is -0.679. The number of aromatic nitrogens is 1. The Morgan fingerprint density at radius 3 is 3.00 bits per heavy atom. The lowest BCUT2D eigenvalue weighted by Crippen LogP contribution is -2.25. The molecule has 22 heavy (non-hydrogen) atoms. The molecule has 6 heteroatoms. The van der Waals surface area contributed by atoms with Crippen LogP contribution >= 0.6 is 11.6 Å². The number of benzene rings is 1. The fourth-order valence-electron chi connectivity index (χ4n) is 2.23. The number of aliphatic hydroxyl groups excluding tert-OH is 1. The summed E-state index contributed by atoms with van der Waals surface area (Å²) < 4.78 is 19.8. The van der Waals surface area contributed by atoms with Gasteiger partial charge in [0.1, 0.15) is 5.52 Å². The topological polar surface area (TPSA) is 54.4 Å². The maximum absolute atomic E-state index is 14.4. The van der Waals surface area contributed by atoms with Gasteiger partial charge < -0.3 is 15.2 Å². The molecule has 0 spiro atoms. The second kappa shape index (κ2) is 6.77. The van der Waals surface area contributed by atoms with Crippen molar-refractivity contribution in [2.45, 2.75) is 18.9 Å². The molecule has 1 atom stereocenters. The van der Waals surface area contributed by atoms with Gasteiger partial charge in [0.2, 0.25) is 0 Å². The van der Waals surface area contributed by atoms with Gasteiger partial charge in [0.15, 0.2) is 5.82 Å². The fourth-order valence-corrected chi connectivity index (χ4v) is 2.44. The Kier molecular flexibility index (Phi) is 4.76. The first-order valence-electron chi connectivity index (χ1n) is 7.37. The van der Waals surface area contributed by atoms with Crippen molar-refractivity contribution < 1.29 is 14.2 Å². The Labute approximate surface area is 133 Å². The molecule has 1 unspecified atom stereocenters. The van der Waals surface area contributed by atoms with Gasteiger partial charge in [-0.25, -0.2) is 4.39 Å². The van der Waals surface area contributed by atoms with Crippen LogP contribution in [0, 0.1) is 11.7 Å². The average Bonchev–Trinajstić information content (AvgIpc) is 3.32. The Morgan fingerprint density at radius 1 is 1.41 bits per heavy atom. The molecule has 2 aromatic rings. The number of aliphatic hydroxyl groups is 1. The number of halogens is 2. The summed E-state index contributed by atoms with van der Waals surface area (Å²) in [5.41, 5.74) is 0.514. The lowest BCUT2D eigenvalue weighted by atomic mass is 10.2. The van der Waals surface area contributed by atoms with Gasteiger partial charge in [-0.1, -0.05) is 11.6 Å². The van der Waals surface area contributed by atoms with Crippen molar-refractivity contribution in [1.29, 1.82) is 0 Å². The highest BCUT2D eigenvalue weighted by atomic mass is 35.5. The van der Waals surface area contributed by atoms with Crippen molar-refractivity contribution in [2.24, 2.45) is 5.92 Å². The Hall–Kier alpha value is -1.43. The number of anilines is 1. The van der Waals surface area contributed by atoms with E-state index in [0.29, 0.717) is 28.6 Å². The molecule has 1 heterocycles. The number of fused-ring (bicyclic) bond motifs is 1. The van der Waals surface area contributed by atoms with Crippen molar-refractivity contribution in [3.05, 3.63) is 35.2 Å². The molecule has 3 rings (SSSR count). The number of hydrogen-bond acceptors (Lipinski definition) is 4. The number of rotatable bonds is 7. The number of ether oxygens (including phenoxy) is 1. The van der Waals surface area contributed by atoms with Gasteiger partial charge in [-0.3, -0.25) is 4.98 Å². The maximum atomic E-state index is 14.4. The summed E-state index contributed by atoms with van der Waals surface area (Å²) in [4.78, 5) is 4.02. The van der Waals surface area contributed by atoms with Gasteiger partial charge >= 0.3 is 0 Å². The van der Waals surface area contributed by atoms with E-state index in [-0.39, 0.29) is 18.7 Å². The van der Waals surface area contributed by atoms with Crippen molar-refractivity contribution >= 4 is 28.2 Å². The van der Waals surface area contributed by atoms with E-state index < -0.39 is 11.9 Å². The number of nitrogens with zero attached hydrogens (tertiary/aromatic N) is 1. The third-order valence-corrected chi connectivity index (χ3v) is 4.02. The second-order valence-corrected chi connectivity index (χ2v) is 6.04. The van der Waals surface area contributed by atoms with Crippen LogP contribution in [0.5, 0.6) is 0 Å². The van der Waals surface area contributed by atoms with Gasteiger partial charge in [-0.05, 0) is 37.0 Å². The first-order chi connectivity index (χ1) is 10.6. The number of nitrogens with one attached hydrogen (secondary N) is 1. The predicted molar refractivity (Wildman–Crippen MR) is 84.8 cm³/mol. The molecule has 1 aromatic heterocycles. The van der Waals surface area contributed by atoms with Crippen molar-refractivity contribution in [2.75, 3.05) is 25.1 Å². The van der Waals surface area contributed by atoms with Crippen LogP contribution < -0.4 is 5.32 Å². The molecule has 1 fully saturated rings. The molecule has 1 saturated carbocycles. The zero-order valence-corrected chi connectivity index (χ0v) is 12.8. The molecular formula is C16H18ClFN2O2. The van der Waals surface area contributed by atoms with Gasteiger partial charge in [-0.2, -0.15) is 0 Å². The molecule has 2 N–H and O–H groups in total. The van der Waals surface area contributed by atoms with Gasteiger partial charge in [0.25, 0.3) is 0 Å². The quantitative estimate of drug-likeness (QED) is 0.821. The number of hydrogen-bond donors (Lipinski definition) is 2. The lowest BCUT2D eigenvalue weighted by molar-refractivity contribution is 0.0386. The summed E-state index contributed by atoms with van der Waals surface area (Å²) in [6, 6.07) is 4.94. The monoisotopic (exact) mass is 324 g/mol. The van der Waals surface area contributed by atoms with E-state index >= 15 is 0 Å². The molecule has 0 radical (unpaired) electrons. The molecule has 0 bridgehead atoms. The molecule has 0 aliphatic heterocycles. The van der Waals surface area contributed by atoms with Crippen molar-refractivity contribution in [3.63, 3.8) is 0 Å². The van der Waals surface area contributed by atoms with E-state index in [0.717, 1.165) is 0 Å². The molecule has 1 aliphatic rings. The van der Waals surface area contributed by atoms with Crippen molar-refractivity contribution in [3.8, 4) is 0 Å². The summed E-state index contributed by atoms with van der Waals surface area (Å²) in [6.45, 7) is 1.17. The van der Waals surface area contributed by atoms with Crippen LogP contribution in [0.4, 0.5) is 10.1 Å². The van der Waals surface area contributed by atoms with Crippen LogP contribution in [0.15, 0.2) is 24.4 Å². The highest BCUT2D eigenvalue weighted by molar-refractivity contribution is 6.35. The Bertz CT molecular complexity index is 664. The molecular weight excluding hydrogens is 307 g/mol. The summed E-state index contributed by atoms with van der Waals surface area (Å²) in [6.07, 6.45) is 3.22.